The summed E-state index contributed by atoms with van der Waals surface area (Å²) in [5, 5.41) is 13.5. The van der Waals surface area contributed by atoms with Crippen LogP contribution in [0.5, 0.6) is 5.75 Å². The molecule has 136 valence electrons. The molecule has 4 rings (SSSR count). The number of rotatable bonds is 4. The fourth-order valence-corrected chi connectivity index (χ4v) is 5.05. The van der Waals surface area contributed by atoms with Crippen molar-refractivity contribution in [2.45, 2.75) is 18.9 Å². The van der Waals surface area contributed by atoms with Gasteiger partial charge in [0.2, 0.25) is 0 Å². The third-order valence-electron chi connectivity index (χ3n) is 4.38. The highest BCUT2D eigenvalue weighted by Crippen LogP contribution is 2.35. The summed E-state index contributed by atoms with van der Waals surface area (Å²) in [5.74, 6) is 0.620. The lowest BCUT2D eigenvalue weighted by molar-refractivity contribution is 0.103. The molecular weight excluding hydrogens is 370 g/mol. The van der Waals surface area contributed by atoms with E-state index in [1.165, 1.54) is 11.3 Å². The molecule has 6 nitrogen and oxygen atoms in total. The number of piperidine rings is 1. The third kappa shape index (κ3) is 3.53. The lowest BCUT2D eigenvalue weighted by Crippen LogP contribution is -2.35. The average molecular weight is 390 g/mol. The van der Waals surface area contributed by atoms with Crippen molar-refractivity contribution in [1.82, 2.24) is 4.98 Å². The monoisotopic (exact) mass is 389 g/mol. The van der Waals surface area contributed by atoms with Crippen LogP contribution in [0.2, 0.25) is 0 Å². The Balaban J connectivity index is 1.46. The van der Waals surface area contributed by atoms with Gasteiger partial charge >= 0.3 is 0 Å². The summed E-state index contributed by atoms with van der Waals surface area (Å²) in [5.41, 5.74) is 0.730. The zero-order chi connectivity index (χ0) is 18.1. The number of hydrogen-bond acceptors (Lipinski definition) is 7. The minimum Gasteiger partial charge on any atom is -0.497 e. The minimum absolute atomic E-state index is 0.131. The van der Waals surface area contributed by atoms with Gasteiger partial charge in [0.1, 0.15) is 10.6 Å². The van der Waals surface area contributed by atoms with Crippen LogP contribution < -0.4 is 15.0 Å². The minimum atomic E-state index is -0.194. The normalized spacial score (nSPS) is 15.4. The molecule has 8 heteroatoms. The maximum atomic E-state index is 12.5. The first-order chi connectivity index (χ1) is 12.6. The first kappa shape index (κ1) is 17.3. The number of aliphatic hydroxyl groups excluding tert-OH is 1. The van der Waals surface area contributed by atoms with Gasteiger partial charge in [-0.3, -0.25) is 4.79 Å². The van der Waals surface area contributed by atoms with E-state index in [4.69, 9.17) is 4.74 Å². The largest absolute Gasteiger partial charge is 0.497 e. The van der Waals surface area contributed by atoms with E-state index in [2.05, 4.69) is 15.2 Å². The quantitative estimate of drug-likeness (QED) is 0.713. The molecule has 0 aliphatic carbocycles. The van der Waals surface area contributed by atoms with Crippen LogP contribution in [0.15, 0.2) is 30.3 Å². The van der Waals surface area contributed by atoms with Gasteiger partial charge < -0.3 is 20.1 Å². The molecule has 26 heavy (non-hydrogen) atoms. The molecule has 2 N–H and O–H groups in total. The molecular formula is C18H19N3O3S2. The fourth-order valence-electron chi connectivity index (χ4n) is 2.90. The molecule has 0 bridgehead atoms. The molecule has 3 aromatic rings. The Labute approximate surface area is 159 Å². The van der Waals surface area contributed by atoms with E-state index in [-0.39, 0.29) is 12.0 Å². The summed E-state index contributed by atoms with van der Waals surface area (Å²) in [4.78, 5) is 20.9. The Morgan fingerprint density at radius 2 is 2.00 bits per heavy atom. The van der Waals surface area contributed by atoms with Crippen LogP contribution in [-0.2, 0) is 0 Å². The molecule has 0 saturated carbocycles. The van der Waals surface area contributed by atoms with Crippen molar-refractivity contribution in [2.24, 2.45) is 0 Å². The molecule has 0 atom stereocenters. The Kier molecular flexibility index (Phi) is 4.80. The number of aliphatic hydroxyl groups is 1. The molecule has 0 unspecified atom stereocenters. The summed E-state index contributed by atoms with van der Waals surface area (Å²) < 4.78 is 6.14. The smallest absolute Gasteiger partial charge is 0.265 e. The van der Waals surface area contributed by atoms with Crippen LogP contribution >= 0.6 is 22.7 Å². The Morgan fingerprint density at radius 3 is 2.65 bits per heavy atom. The zero-order valence-corrected chi connectivity index (χ0v) is 15.9. The van der Waals surface area contributed by atoms with Gasteiger partial charge in [0.25, 0.3) is 5.91 Å². The molecule has 0 radical (unpaired) electrons. The SMILES string of the molecule is COc1ccc(NC(=O)c2cc3sc(N4CCC(O)CC4)nc3s2)cc1. The standard InChI is InChI=1S/C18H19N3O3S2/c1-24-13-4-2-11(3-5-13)19-16(23)14-10-15-17(25-14)20-18(26-15)21-8-6-12(22)7-9-21/h2-5,10,12,22H,6-9H2,1H3,(H,19,23). The number of nitrogens with zero attached hydrogens (tertiary/aromatic N) is 2. The van der Waals surface area contributed by atoms with Gasteiger partial charge in [-0.2, -0.15) is 0 Å². The first-order valence-electron chi connectivity index (χ1n) is 8.41. The van der Waals surface area contributed by atoms with Crippen molar-refractivity contribution in [3.05, 3.63) is 35.2 Å². The topological polar surface area (TPSA) is 74.7 Å². The number of carbonyl (C=O) groups excluding carboxylic acids is 1. The maximum Gasteiger partial charge on any atom is 0.265 e. The van der Waals surface area contributed by atoms with Crippen molar-refractivity contribution in [2.75, 3.05) is 30.4 Å². The number of benzene rings is 1. The van der Waals surface area contributed by atoms with Gasteiger partial charge in [-0.05, 0) is 43.2 Å². The number of thiazole rings is 1. The number of thiophene rings is 1. The van der Waals surface area contributed by atoms with E-state index in [9.17, 15) is 9.90 Å². The number of amides is 1. The number of methoxy groups -OCH3 is 1. The third-order valence-corrected chi connectivity index (χ3v) is 6.60. The highest BCUT2D eigenvalue weighted by Gasteiger charge is 2.21. The van der Waals surface area contributed by atoms with Crippen LogP contribution in [0.3, 0.4) is 0 Å². The molecule has 1 aliphatic heterocycles. The van der Waals surface area contributed by atoms with Crippen LogP contribution in [0, 0.1) is 0 Å². The predicted molar refractivity (Wildman–Crippen MR) is 106 cm³/mol. The molecule has 3 heterocycles. The number of ether oxygens (including phenoxy) is 1. The van der Waals surface area contributed by atoms with E-state index in [1.54, 1.807) is 18.4 Å². The van der Waals surface area contributed by atoms with E-state index in [0.717, 1.165) is 52.0 Å². The van der Waals surface area contributed by atoms with E-state index >= 15 is 0 Å². The Morgan fingerprint density at radius 1 is 1.27 bits per heavy atom. The Hall–Kier alpha value is -2.16. The molecule has 0 spiro atoms. The second kappa shape index (κ2) is 7.22. The van der Waals surface area contributed by atoms with Crippen molar-refractivity contribution in [3.8, 4) is 5.75 Å². The molecule has 1 fully saturated rings. The van der Waals surface area contributed by atoms with Gasteiger partial charge in [-0.25, -0.2) is 4.98 Å². The highest BCUT2D eigenvalue weighted by molar-refractivity contribution is 7.29. The van der Waals surface area contributed by atoms with Crippen molar-refractivity contribution in [3.63, 3.8) is 0 Å². The maximum absolute atomic E-state index is 12.5. The van der Waals surface area contributed by atoms with E-state index in [1.807, 2.05) is 30.3 Å². The van der Waals surface area contributed by atoms with Gasteiger partial charge in [0.05, 0.1) is 22.8 Å². The summed E-state index contributed by atoms with van der Waals surface area (Å²) in [6.07, 6.45) is 1.37. The van der Waals surface area contributed by atoms with Crippen LogP contribution in [0.4, 0.5) is 10.8 Å². The first-order valence-corrected chi connectivity index (χ1v) is 10.0. The van der Waals surface area contributed by atoms with Crippen LogP contribution in [0.25, 0.3) is 9.53 Å². The molecule has 1 amide bonds. The van der Waals surface area contributed by atoms with Crippen molar-refractivity contribution < 1.29 is 14.6 Å². The second-order valence-electron chi connectivity index (χ2n) is 6.18. The summed E-state index contributed by atoms with van der Waals surface area (Å²) in [6.45, 7) is 1.65. The molecule has 1 aliphatic rings. The van der Waals surface area contributed by atoms with Crippen LogP contribution in [-0.4, -0.2) is 42.3 Å². The second-order valence-corrected chi connectivity index (χ2v) is 8.22. The number of anilines is 2. The predicted octanol–water partition coefficient (Wildman–Crippen LogP) is 3.58. The number of hydrogen-bond donors (Lipinski definition) is 2. The summed E-state index contributed by atoms with van der Waals surface area (Å²) in [6, 6.07) is 9.15. The van der Waals surface area contributed by atoms with Gasteiger partial charge in [0, 0.05) is 18.8 Å². The molecule has 1 saturated heterocycles. The average Bonchev–Trinajstić information content (AvgIpc) is 3.22. The molecule has 2 aromatic heterocycles. The number of nitrogens with one attached hydrogen (secondary N) is 1. The highest BCUT2D eigenvalue weighted by atomic mass is 32.1. The van der Waals surface area contributed by atoms with E-state index < -0.39 is 0 Å². The van der Waals surface area contributed by atoms with Crippen molar-refractivity contribution in [1.29, 1.82) is 0 Å². The Bertz CT molecular complexity index is 880. The van der Waals surface area contributed by atoms with Crippen molar-refractivity contribution >= 4 is 48.9 Å². The van der Waals surface area contributed by atoms with Crippen LogP contribution in [0.1, 0.15) is 22.5 Å². The lowest BCUT2D eigenvalue weighted by Gasteiger charge is -2.28. The van der Waals surface area contributed by atoms with Gasteiger partial charge in [-0.15, -0.1) is 11.3 Å². The zero-order valence-electron chi connectivity index (χ0n) is 14.3. The number of aromatic nitrogens is 1. The van der Waals surface area contributed by atoms with Gasteiger partial charge in [0.15, 0.2) is 5.13 Å². The van der Waals surface area contributed by atoms with Gasteiger partial charge in [-0.1, -0.05) is 11.3 Å². The molecule has 1 aromatic carbocycles. The number of fused-ring (bicyclic) bond motifs is 1. The van der Waals surface area contributed by atoms with E-state index in [0.29, 0.717) is 4.88 Å². The number of carbonyl (C=O) groups is 1. The lowest BCUT2D eigenvalue weighted by atomic mass is 10.1. The summed E-state index contributed by atoms with van der Waals surface area (Å²) in [7, 11) is 1.61. The summed E-state index contributed by atoms with van der Waals surface area (Å²) >= 11 is 3.01. The fraction of sp³-hybridized carbons (Fsp3) is 0.333.